The van der Waals surface area contributed by atoms with Crippen LogP contribution in [0.1, 0.15) is 10.4 Å². The summed E-state index contributed by atoms with van der Waals surface area (Å²) >= 11 is 0. The number of aliphatic hydroxyl groups excluding tert-OH is 1. The number of aliphatic hydroxyl groups is 1. The number of likely N-dealkylation sites (N-methyl/N-ethyl adjacent to an activating group) is 1. The van der Waals surface area contributed by atoms with Crippen molar-refractivity contribution >= 4 is 17.3 Å². The van der Waals surface area contributed by atoms with Crippen molar-refractivity contribution in [3.05, 3.63) is 53.8 Å². The van der Waals surface area contributed by atoms with Crippen LogP contribution >= 0.6 is 0 Å². The van der Waals surface area contributed by atoms with Crippen LogP contribution in [0.3, 0.4) is 0 Å². The normalized spacial score (nSPS) is 10.3. The monoisotopic (exact) mass is 318 g/mol. The van der Waals surface area contributed by atoms with Gasteiger partial charge < -0.3 is 20.1 Å². The number of carbonyl (C=O) groups excluding carboxylic acids is 1. The second-order valence-electron chi connectivity index (χ2n) is 4.99. The van der Waals surface area contributed by atoms with E-state index in [0.717, 1.165) is 11.8 Å². The van der Waals surface area contributed by atoms with Gasteiger partial charge in [0.1, 0.15) is 11.6 Å². The van der Waals surface area contributed by atoms with E-state index < -0.39 is 11.7 Å². The topological polar surface area (TPSA) is 61.8 Å². The highest BCUT2D eigenvalue weighted by molar-refractivity contribution is 6.06. The minimum Gasteiger partial charge on any atom is -0.496 e. The van der Waals surface area contributed by atoms with Gasteiger partial charge in [-0.15, -0.1) is 0 Å². The zero-order valence-electron chi connectivity index (χ0n) is 13.0. The minimum absolute atomic E-state index is 0.0638. The number of benzene rings is 2. The summed E-state index contributed by atoms with van der Waals surface area (Å²) < 4.78 is 18.4. The molecule has 6 heteroatoms. The number of hydrogen-bond donors (Lipinski definition) is 2. The van der Waals surface area contributed by atoms with Crippen molar-refractivity contribution in [3.63, 3.8) is 0 Å². The molecule has 0 fully saturated rings. The Morgan fingerprint density at radius 1 is 1.26 bits per heavy atom. The third kappa shape index (κ3) is 4.20. The van der Waals surface area contributed by atoms with Crippen LogP contribution in [0.2, 0.25) is 0 Å². The fraction of sp³-hybridized carbons (Fsp3) is 0.235. The molecule has 122 valence electrons. The van der Waals surface area contributed by atoms with Crippen LogP contribution in [0.4, 0.5) is 15.8 Å². The molecule has 0 spiro atoms. The highest BCUT2D eigenvalue weighted by atomic mass is 19.1. The Hall–Kier alpha value is -2.60. The van der Waals surface area contributed by atoms with Crippen molar-refractivity contribution in [2.45, 2.75) is 0 Å². The summed E-state index contributed by atoms with van der Waals surface area (Å²) in [5.41, 5.74) is 1.64. The SMILES string of the molecule is COc1ccc(F)cc1C(=O)Nc1ccc(N(C)CCO)cc1. The fourth-order valence-corrected chi connectivity index (χ4v) is 2.13. The first-order valence-corrected chi connectivity index (χ1v) is 7.12. The van der Waals surface area contributed by atoms with Crippen molar-refractivity contribution < 1.29 is 19.0 Å². The van der Waals surface area contributed by atoms with E-state index in [-0.39, 0.29) is 12.2 Å². The second kappa shape index (κ2) is 7.60. The third-order valence-electron chi connectivity index (χ3n) is 3.41. The standard InChI is InChI=1S/C17H19FN2O3/c1-20(9-10-21)14-6-4-13(5-7-14)19-17(22)15-11-12(18)3-8-16(15)23-2/h3-8,11,21H,9-10H2,1-2H3,(H,19,22). The maximum Gasteiger partial charge on any atom is 0.259 e. The van der Waals surface area contributed by atoms with Gasteiger partial charge in [0.05, 0.1) is 19.3 Å². The van der Waals surface area contributed by atoms with Gasteiger partial charge in [0.15, 0.2) is 0 Å². The number of carbonyl (C=O) groups is 1. The van der Waals surface area contributed by atoms with E-state index in [0.29, 0.717) is 18.0 Å². The number of nitrogens with zero attached hydrogens (tertiary/aromatic N) is 1. The van der Waals surface area contributed by atoms with Crippen LogP contribution in [-0.4, -0.2) is 38.3 Å². The fourth-order valence-electron chi connectivity index (χ4n) is 2.13. The first-order chi connectivity index (χ1) is 11.0. The summed E-state index contributed by atoms with van der Waals surface area (Å²) in [4.78, 5) is 14.2. The smallest absolute Gasteiger partial charge is 0.259 e. The molecule has 2 aromatic carbocycles. The Bertz CT molecular complexity index is 674. The van der Waals surface area contributed by atoms with E-state index in [9.17, 15) is 9.18 Å². The predicted octanol–water partition coefficient (Wildman–Crippen LogP) is 2.52. The molecule has 0 aliphatic rings. The van der Waals surface area contributed by atoms with Crippen LogP contribution in [-0.2, 0) is 0 Å². The molecule has 0 unspecified atom stereocenters. The number of rotatable bonds is 6. The number of halogens is 1. The molecule has 0 radical (unpaired) electrons. The van der Waals surface area contributed by atoms with E-state index in [1.807, 2.05) is 24.1 Å². The minimum atomic E-state index is -0.503. The number of anilines is 2. The molecule has 1 amide bonds. The number of hydrogen-bond acceptors (Lipinski definition) is 4. The molecule has 0 aliphatic carbocycles. The summed E-state index contributed by atoms with van der Waals surface area (Å²) in [6.45, 7) is 0.584. The molecule has 5 nitrogen and oxygen atoms in total. The molecular formula is C17H19FN2O3. The summed E-state index contributed by atoms with van der Waals surface area (Å²) in [7, 11) is 3.29. The van der Waals surface area contributed by atoms with Crippen LogP contribution in [0.5, 0.6) is 5.75 Å². The zero-order valence-corrected chi connectivity index (χ0v) is 13.0. The van der Waals surface area contributed by atoms with Gasteiger partial charge in [-0.1, -0.05) is 0 Å². The summed E-state index contributed by atoms with van der Waals surface area (Å²) in [5.74, 6) is -0.641. The molecule has 2 aromatic rings. The second-order valence-corrected chi connectivity index (χ2v) is 4.99. The molecule has 23 heavy (non-hydrogen) atoms. The van der Waals surface area contributed by atoms with E-state index in [1.54, 1.807) is 12.1 Å². The van der Waals surface area contributed by atoms with Crippen LogP contribution in [0.25, 0.3) is 0 Å². The average Bonchev–Trinajstić information content (AvgIpc) is 2.55. The average molecular weight is 318 g/mol. The van der Waals surface area contributed by atoms with Crippen LogP contribution < -0.4 is 15.0 Å². The van der Waals surface area contributed by atoms with Gasteiger partial charge in [-0.2, -0.15) is 0 Å². The Kier molecular flexibility index (Phi) is 5.54. The van der Waals surface area contributed by atoms with Crippen molar-refractivity contribution in [2.75, 3.05) is 37.5 Å². The Labute approximate surface area is 134 Å². The molecule has 2 rings (SSSR count). The zero-order chi connectivity index (χ0) is 16.8. The summed E-state index contributed by atoms with van der Waals surface area (Å²) in [5, 5.41) is 11.6. The lowest BCUT2D eigenvalue weighted by Gasteiger charge is -2.18. The molecule has 0 saturated carbocycles. The molecule has 0 atom stereocenters. The molecular weight excluding hydrogens is 299 g/mol. The molecule has 2 N–H and O–H groups in total. The van der Waals surface area contributed by atoms with Crippen molar-refractivity contribution in [1.82, 2.24) is 0 Å². The van der Waals surface area contributed by atoms with Gasteiger partial charge in [-0.05, 0) is 42.5 Å². The maximum absolute atomic E-state index is 13.3. The molecule has 0 saturated heterocycles. The number of methoxy groups -OCH3 is 1. The Morgan fingerprint density at radius 3 is 2.57 bits per heavy atom. The van der Waals surface area contributed by atoms with Gasteiger partial charge in [-0.3, -0.25) is 4.79 Å². The van der Waals surface area contributed by atoms with Crippen molar-refractivity contribution in [2.24, 2.45) is 0 Å². The third-order valence-corrected chi connectivity index (χ3v) is 3.41. The van der Waals surface area contributed by atoms with Gasteiger partial charge in [-0.25, -0.2) is 4.39 Å². The quantitative estimate of drug-likeness (QED) is 0.859. The van der Waals surface area contributed by atoms with Crippen molar-refractivity contribution in [1.29, 1.82) is 0 Å². The molecule has 0 heterocycles. The largest absolute Gasteiger partial charge is 0.496 e. The van der Waals surface area contributed by atoms with E-state index in [2.05, 4.69) is 5.32 Å². The lowest BCUT2D eigenvalue weighted by atomic mass is 10.1. The molecule has 0 aromatic heterocycles. The Balaban J connectivity index is 2.13. The highest BCUT2D eigenvalue weighted by Crippen LogP contribution is 2.22. The first-order valence-electron chi connectivity index (χ1n) is 7.12. The lowest BCUT2D eigenvalue weighted by Crippen LogP contribution is -2.21. The van der Waals surface area contributed by atoms with E-state index in [4.69, 9.17) is 9.84 Å². The van der Waals surface area contributed by atoms with Crippen LogP contribution in [0, 0.1) is 5.82 Å². The number of nitrogens with one attached hydrogen (secondary N) is 1. The number of ether oxygens (including phenoxy) is 1. The highest BCUT2D eigenvalue weighted by Gasteiger charge is 2.13. The Morgan fingerprint density at radius 2 is 1.96 bits per heavy atom. The van der Waals surface area contributed by atoms with E-state index >= 15 is 0 Å². The maximum atomic E-state index is 13.3. The van der Waals surface area contributed by atoms with Gasteiger partial charge in [0.25, 0.3) is 5.91 Å². The van der Waals surface area contributed by atoms with Gasteiger partial charge in [0.2, 0.25) is 0 Å². The van der Waals surface area contributed by atoms with E-state index in [1.165, 1.54) is 19.2 Å². The molecule has 0 bridgehead atoms. The summed E-state index contributed by atoms with van der Waals surface area (Å²) in [6.07, 6.45) is 0. The first kappa shape index (κ1) is 16.8. The van der Waals surface area contributed by atoms with Gasteiger partial charge in [0, 0.05) is 25.0 Å². The van der Waals surface area contributed by atoms with Crippen molar-refractivity contribution in [3.8, 4) is 5.75 Å². The number of amides is 1. The summed E-state index contributed by atoms with van der Waals surface area (Å²) in [6, 6.07) is 10.9. The van der Waals surface area contributed by atoms with Crippen LogP contribution in [0.15, 0.2) is 42.5 Å². The molecule has 0 aliphatic heterocycles. The van der Waals surface area contributed by atoms with Gasteiger partial charge >= 0.3 is 0 Å². The predicted molar refractivity (Wildman–Crippen MR) is 87.7 cm³/mol. The lowest BCUT2D eigenvalue weighted by molar-refractivity contribution is 0.102.